The molecule has 0 spiro atoms. The van der Waals surface area contributed by atoms with E-state index in [2.05, 4.69) is 15.5 Å². The molecular weight excluding hydrogens is 232 g/mol. The zero-order chi connectivity index (χ0) is 13.0. The van der Waals surface area contributed by atoms with Gasteiger partial charge in [0.1, 0.15) is 5.82 Å². The Kier molecular flexibility index (Phi) is 4.09. The van der Waals surface area contributed by atoms with E-state index in [0.29, 0.717) is 30.7 Å². The van der Waals surface area contributed by atoms with Gasteiger partial charge in [0.2, 0.25) is 0 Å². The third-order valence-electron chi connectivity index (χ3n) is 2.92. The molecule has 1 heterocycles. The summed E-state index contributed by atoms with van der Waals surface area (Å²) in [6.07, 6.45) is 2.13. The van der Waals surface area contributed by atoms with Gasteiger partial charge >= 0.3 is 0 Å². The number of hydrogen-bond acceptors (Lipinski definition) is 5. The second-order valence-electron chi connectivity index (χ2n) is 4.28. The first-order valence-electron chi connectivity index (χ1n) is 6.07. The summed E-state index contributed by atoms with van der Waals surface area (Å²) in [4.78, 5) is 14.1. The van der Waals surface area contributed by atoms with E-state index in [1.54, 1.807) is 26.3 Å². The van der Waals surface area contributed by atoms with Gasteiger partial charge in [0.15, 0.2) is 5.69 Å². The molecule has 0 atom stereocenters. The van der Waals surface area contributed by atoms with E-state index in [1.807, 2.05) is 4.90 Å². The van der Waals surface area contributed by atoms with Gasteiger partial charge in [0.05, 0.1) is 6.61 Å². The van der Waals surface area contributed by atoms with Crippen molar-refractivity contribution in [2.24, 2.45) is 0 Å². The number of amides is 1. The van der Waals surface area contributed by atoms with Gasteiger partial charge in [-0.3, -0.25) is 4.79 Å². The number of carbonyl (C=O) groups is 1. The number of rotatable bonds is 6. The lowest BCUT2D eigenvalue weighted by Crippen LogP contribution is -2.36. The third kappa shape index (κ3) is 2.95. The normalized spacial score (nSPS) is 14.3. The Morgan fingerprint density at radius 2 is 2.28 bits per heavy atom. The lowest BCUT2D eigenvalue weighted by molar-refractivity contribution is 0.0673. The highest BCUT2D eigenvalue weighted by Crippen LogP contribution is 2.27. The fraction of sp³-hybridized carbons (Fsp3) is 0.583. The average molecular weight is 250 g/mol. The van der Waals surface area contributed by atoms with E-state index < -0.39 is 0 Å². The van der Waals surface area contributed by atoms with Crippen LogP contribution in [0.25, 0.3) is 0 Å². The maximum absolute atomic E-state index is 12.3. The summed E-state index contributed by atoms with van der Waals surface area (Å²) < 4.78 is 5.03. The van der Waals surface area contributed by atoms with Crippen molar-refractivity contribution in [3.63, 3.8) is 0 Å². The predicted octanol–water partition coefficient (Wildman–Crippen LogP) is 0.769. The molecule has 1 aliphatic carbocycles. The third-order valence-corrected chi connectivity index (χ3v) is 2.92. The topological polar surface area (TPSA) is 67.4 Å². The molecule has 6 heteroatoms. The lowest BCUT2D eigenvalue weighted by Gasteiger charge is -2.21. The molecule has 1 aromatic heterocycles. The summed E-state index contributed by atoms with van der Waals surface area (Å²) in [5.41, 5.74) is 0.386. The minimum absolute atomic E-state index is 0.0651. The first-order chi connectivity index (χ1) is 8.76. The molecule has 0 aromatic carbocycles. The van der Waals surface area contributed by atoms with E-state index in [9.17, 15) is 4.79 Å². The zero-order valence-electron chi connectivity index (χ0n) is 10.7. The molecule has 1 N–H and O–H groups in total. The fourth-order valence-electron chi connectivity index (χ4n) is 1.75. The quantitative estimate of drug-likeness (QED) is 0.807. The molecule has 98 valence electrons. The van der Waals surface area contributed by atoms with Crippen LogP contribution in [0.4, 0.5) is 5.82 Å². The van der Waals surface area contributed by atoms with E-state index in [1.165, 1.54) is 0 Å². The summed E-state index contributed by atoms with van der Waals surface area (Å²) in [7, 11) is 3.40. The maximum atomic E-state index is 12.3. The van der Waals surface area contributed by atoms with Crippen LogP contribution in [-0.4, -0.2) is 54.4 Å². The maximum Gasteiger partial charge on any atom is 0.274 e. The fourth-order valence-corrected chi connectivity index (χ4v) is 1.75. The zero-order valence-corrected chi connectivity index (χ0v) is 10.7. The van der Waals surface area contributed by atoms with Crippen molar-refractivity contribution < 1.29 is 9.53 Å². The van der Waals surface area contributed by atoms with Gasteiger partial charge in [-0.25, -0.2) is 0 Å². The van der Waals surface area contributed by atoms with Crippen molar-refractivity contribution in [3.05, 3.63) is 17.8 Å². The van der Waals surface area contributed by atoms with Crippen molar-refractivity contribution in [3.8, 4) is 0 Å². The van der Waals surface area contributed by atoms with E-state index in [0.717, 1.165) is 12.8 Å². The Morgan fingerprint density at radius 3 is 2.78 bits per heavy atom. The molecular formula is C12H18N4O2. The van der Waals surface area contributed by atoms with Crippen molar-refractivity contribution >= 4 is 11.7 Å². The van der Waals surface area contributed by atoms with E-state index in [-0.39, 0.29) is 5.91 Å². The summed E-state index contributed by atoms with van der Waals surface area (Å²) in [5, 5.41) is 10.7. The number of carbonyl (C=O) groups excluding carboxylic acids is 1. The molecule has 0 saturated heterocycles. The molecule has 1 amide bonds. The molecule has 18 heavy (non-hydrogen) atoms. The lowest BCUT2D eigenvalue weighted by atomic mass is 10.3. The molecule has 0 aliphatic heterocycles. The number of anilines is 1. The van der Waals surface area contributed by atoms with Crippen LogP contribution >= 0.6 is 0 Å². The largest absolute Gasteiger partial charge is 0.383 e. The van der Waals surface area contributed by atoms with Crippen molar-refractivity contribution in [2.45, 2.75) is 18.9 Å². The van der Waals surface area contributed by atoms with Crippen molar-refractivity contribution in [2.75, 3.05) is 32.6 Å². The van der Waals surface area contributed by atoms with Crippen LogP contribution in [0.5, 0.6) is 0 Å². The number of aromatic nitrogens is 2. The minimum atomic E-state index is -0.0651. The molecule has 1 aliphatic rings. The summed E-state index contributed by atoms with van der Waals surface area (Å²) >= 11 is 0. The van der Waals surface area contributed by atoms with Crippen LogP contribution < -0.4 is 5.32 Å². The number of methoxy groups -OCH3 is 1. The molecule has 2 rings (SSSR count). The second-order valence-corrected chi connectivity index (χ2v) is 4.28. The Bertz CT molecular complexity index is 403. The van der Waals surface area contributed by atoms with Crippen LogP contribution in [0.1, 0.15) is 23.3 Å². The van der Waals surface area contributed by atoms with Crippen LogP contribution in [0, 0.1) is 0 Å². The highest BCUT2D eigenvalue weighted by molar-refractivity contribution is 5.92. The van der Waals surface area contributed by atoms with Crippen LogP contribution in [0.15, 0.2) is 12.1 Å². The molecule has 1 aromatic rings. The standard InChI is InChI=1S/C12H18N4O2/c1-13-11-6-5-10(14-15-11)12(17)16(7-8-18-2)9-3-4-9/h5-6,9H,3-4,7-8H2,1-2H3,(H,13,15). The monoisotopic (exact) mass is 250 g/mol. The van der Waals surface area contributed by atoms with Gasteiger partial charge in [0, 0.05) is 26.7 Å². The summed E-state index contributed by atoms with van der Waals surface area (Å²) in [6, 6.07) is 3.80. The van der Waals surface area contributed by atoms with Gasteiger partial charge in [-0.2, -0.15) is 0 Å². The molecule has 1 saturated carbocycles. The highest BCUT2D eigenvalue weighted by atomic mass is 16.5. The predicted molar refractivity (Wildman–Crippen MR) is 67.5 cm³/mol. The first kappa shape index (κ1) is 12.8. The SMILES string of the molecule is CNc1ccc(C(=O)N(CCOC)C2CC2)nn1. The number of nitrogens with zero attached hydrogens (tertiary/aromatic N) is 3. The Morgan fingerprint density at radius 1 is 1.50 bits per heavy atom. The first-order valence-corrected chi connectivity index (χ1v) is 6.07. The van der Waals surface area contributed by atoms with E-state index >= 15 is 0 Å². The minimum Gasteiger partial charge on any atom is -0.383 e. The van der Waals surface area contributed by atoms with Crippen LogP contribution in [0.3, 0.4) is 0 Å². The Labute approximate surface area is 106 Å². The van der Waals surface area contributed by atoms with Gasteiger partial charge in [-0.05, 0) is 25.0 Å². The molecule has 0 radical (unpaired) electrons. The molecule has 6 nitrogen and oxygen atoms in total. The van der Waals surface area contributed by atoms with Crippen LogP contribution in [0.2, 0.25) is 0 Å². The van der Waals surface area contributed by atoms with E-state index in [4.69, 9.17) is 4.74 Å². The molecule has 0 bridgehead atoms. The smallest absolute Gasteiger partial charge is 0.274 e. The van der Waals surface area contributed by atoms with Gasteiger partial charge in [-0.1, -0.05) is 0 Å². The Hall–Kier alpha value is -1.69. The number of ether oxygens (including phenoxy) is 1. The molecule has 1 fully saturated rings. The van der Waals surface area contributed by atoms with Crippen molar-refractivity contribution in [1.82, 2.24) is 15.1 Å². The summed E-state index contributed by atoms with van der Waals surface area (Å²) in [6.45, 7) is 1.15. The molecule has 0 unspecified atom stereocenters. The number of nitrogens with one attached hydrogen (secondary N) is 1. The Balaban J connectivity index is 2.06. The highest BCUT2D eigenvalue weighted by Gasteiger charge is 2.33. The second kappa shape index (κ2) is 5.77. The summed E-state index contributed by atoms with van der Waals surface area (Å²) in [5.74, 6) is 0.589. The van der Waals surface area contributed by atoms with Gasteiger partial charge in [-0.15, -0.1) is 10.2 Å². The van der Waals surface area contributed by atoms with Crippen LogP contribution in [-0.2, 0) is 4.74 Å². The van der Waals surface area contributed by atoms with Gasteiger partial charge < -0.3 is 15.0 Å². The number of hydrogen-bond donors (Lipinski definition) is 1. The average Bonchev–Trinajstić information content (AvgIpc) is 3.24. The van der Waals surface area contributed by atoms with Crippen molar-refractivity contribution in [1.29, 1.82) is 0 Å². The van der Waals surface area contributed by atoms with Gasteiger partial charge in [0.25, 0.3) is 5.91 Å².